The average molecular weight is 425 g/mol. The van der Waals surface area contributed by atoms with Crippen molar-refractivity contribution >= 4 is 27.3 Å². The Morgan fingerprint density at radius 3 is 2.47 bits per heavy atom. The number of methoxy groups -OCH3 is 1. The Hall–Kier alpha value is -3.32. The number of benzene rings is 3. The highest BCUT2D eigenvalue weighted by molar-refractivity contribution is 7.92. The van der Waals surface area contributed by atoms with E-state index in [2.05, 4.69) is 10.0 Å². The van der Waals surface area contributed by atoms with Crippen LogP contribution in [-0.2, 0) is 16.4 Å². The number of amides is 1. The molecule has 0 saturated carbocycles. The van der Waals surface area contributed by atoms with E-state index < -0.39 is 10.0 Å². The number of ether oxygens (including phenoxy) is 1. The predicted molar refractivity (Wildman–Crippen MR) is 119 cm³/mol. The Labute approximate surface area is 177 Å². The minimum Gasteiger partial charge on any atom is -0.495 e. The molecule has 0 aliphatic heterocycles. The number of hydrogen-bond acceptors (Lipinski definition) is 4. The molecule has 1 amide bonds. The minimum atomic E-state index is -3.91. The van der Waals surface area contributed by atoms with Crippen LogP contribution in [0.5, 0.6) is 5.75 Å². The van der Waals surface area contributed by atoms with E-state index in [0.717, 1.165) is 23.2 Å². The summed E-state index contributed by atoms with van der Waals surface area (Å²) in [7, 11) is -2.44. The van der Waals surface area contributed by atoms with Crippen LogP contribution in [0.3, 0.4) is 0 Å². The molecule has 0 bridgehead atoms. The normalized spacial score (nSPS) is 11.0. The molecule has 0 aliphatic carbocycles. The molecule has 30 heavy (non-hydrogen) atoms. The van der Waals surface area contributed by atoms with Crippen molar-refractivity contribution in [2.45, 2.75) is 25.2 Å². The van der Waals surface area contributed by atoms with Gasteiger partial charge in [-0.05, 0) is 54.8 Å². The zero-order valence-corrected chi connectivity index (χ0v) is 17.9. The van der Waals surface area contributed by atoms with Crippen molar-refractivity contribution in [1.29, 1.82) is 0 Å². The van der Waals surface area contributed by atoms with Gasteiger partial charge in [0.15, 0.2) is 0 Å². The number of carbonyl (C=O) groups excluding carboxylic acids is 1. The molecule has 3 aromatic rings. The molecule has 0 radical (unpaired) electrons. The fourth-order valence-electron chi connectivity index (χ4n) is 3.12. The Kier molecular flexibility index (Phi) is 6.42. The summed E-state index contributed by atoms with van der Waals surface area (Å²) in [4.78, 5) is 12.8. The summed E-state index contributed by atoms with van der Waals surface area (Å²) in [6.45, 7) is 3.94. The lowest BCUT2D eigenvalue weighted by Crippen LogP contribution is -2.17. The van der Waals surface area contributed by atoms with Gasteiger partial charge in [0.05, 0.1) is 17.7 Å². The molecule has 7 heteroatoms. The molecule has 0 aromatic heterocycles. The number of carbonyl (C=O) groups is 1. The summed E-state index contributed by atoms with van der Waals surface area (Å²) in [5.41, 5.74) is 3.30. The van der Waals surface area contributed by atoms with Crippen LogP contribution in [0.1, 0.15) is 28.4 Å². The number of rotatable bonds is 7. The van der Waals surface area contributed by atoms with Gasteiger partial charge >= 0.3 is 0 Å². The first-order valence-electron chi connectivity index (χ1n) is 9.51. The van der Waals surface area contributed by atoms with E-state index in [0.29, 0.717) is 11.4 Å². The zero-order chi connectivity index (χ0) is 21.7. The summed E-state index contributed by atoms with van der Waals surface area (Å²) < 4.78 is 33.4. The van der Waals surface area contributed by atoms with Crippen molar-refractivity contribution in [1.82, 2.24) is 0 Å². The lowest BCUT2D eigenvalue weighted by Gasteiger charge is -2.14. The van der Waals surface area contributed by atoms with Gasteiger partial charge < -0.3 is 10.1 Å². The second-order valence-electron chi connectivity index (χ2n) is 6.75. The molecule has 0 unspecified atom stereocenters. The first-order valence-corrected chi connectivity index (χ1v) is 11.0. The van der Waals surface area contributed by atoms with Gasteiger partial charge in [-0.1, -0.05) is 43.3 Å². The van der Waals surface area contributed by atoms with Crippen molar-refractivity contribution in [2.75, 3.05) is 17.1 Å². The van der Waals surface area contributed by atoms with E-state index >= 15 is 0 Å². The fourth-order valence-corrected chi connectivity index (χ4v) is 4.24. The number of hydrogen-bond donors (Lipinski definition) is 2. The summed E-state index contributed by atoms with van der Waals surface area (Å²) in [6.07, 6.45) is 0.772. The van der Waals surface area contributed by atoms with Gasteiger partial charge in [-0.25, -0.2) is 8.42 Å². The van der Waals surface area contributed by atoms with Crippen LogP contribution in [0, 0.1) is 6.92 Å². The van der Waals surface area contributed by atoms with Crippen molar-refractivity contribution < 1.29 is 17.9 Å². The van der Waals surface area contributed by atoms with E-state index in [1.807, 2.05) is 32.0 Å². The lowest BCUT2D eigenvalue weighted by molar-refractivity contribution is 0.102. The second-order valence-corrected chi connectivity index (χ2v) is 8.43. The third-order valence-electron chi connectivity index (χ3n) is 4.74. The number of para-hydroxylation sites is 3. The zero-order valence-electron chi connectivity index (χ0n) is 17.1. The van der Waals surface area contributed by atoms with E-state index in [-0.39, 0.29) is 16.4 Å². The van der Waals surface area contributed by atoms with Crippen LogP contribution in [-0.4, -0.2) is 21.4 Å². The molecule has 0 spiro atoms. The standard InChI is InChI=1S/C23H24N2O4S/c1-4-17-10-7-9-16(2)22(17)24-23(26)18-11-8-12-19(15-18)30(27,28)25-20-13-5-6-14-21(20)29-3/h5-15,25H,4H2,1-3H3,(H,24,26). The van der Waals surface area contributed by atoms with Crippen LogP contribution < -0.4 is 14.8 Å². The second kappa shape index (κ2) is 9.00. The summed E-state index contributed by atoms with van der Waals surface area (Å²) in [5.74, 6) is 0.0370. The number of nitrogens with one attached hydrogen (secondary N) is 2. The number of sulfonamides is 1. The molecule has 156 valence electrons. The molecule has 0 aliphatic rings. The van der Waals surface area contributed by atoms with Gasteiger partial charge in [0.1, 0.15) is 5.75 Å². The Balaban J connectivity index is 1.88. The molecule has 0 fully saturated rings. The smallest absolute Gasteiger partial charge is 0.262 e. The monoisotopic (exact) mass is 424 g/mol. The van der Waals surface area contributed by atoms with Crippen molar-refractivity contribution in [3.63, 3.8) is 0 Å². The maximum absolute atomic E-state index is 12.9. The topological polar surface area (TPSA) is 84.5 Å². The quantitative estimate of drug-likeness (QED) is 0.580. The maximum Gasteiger partial charge on any atom is 0.262 e. The van der Waals surface area contributed by atoms with Crippen molar-refractivity contribution in [2.24, 2.45) is 0 Å². The highest BCUT2D eigenvalue weighted by atomic mass is 32.2. The summed E-state index contributed by atoms with van der Waals surface area (Å²) in [6, 6.07) is 18.5. The molecule has 6 nitrogen and oxygen atoms in total. The van der Waals surface area contributed by atoms with Crippen LogP contribution >= 0.6 is 0 Å². The fraction of sp³-hybridized carbons (Fsp3) is 0.174. The van der Waals surface area contributed by atoms with Gasteiger partial charge in [0, 0.05) is 11.3 Å². The van der Waals surface area contributed by atoms with Crippen LogP contribution in [0.25, 0.3) is 0 Å². The third-order valence-corrected chi connectivity index (χ3v) is 6.10. The van der Waals surface area contributed by atoms with Crippen LogP contribution in [0.2, 0.25) is 0 Å². The first-order chi connectivity index (χ1) is 14.4. The summed E-state index contributed by atoms with van der Waals surface area (Å²) in [5, 5.41) is 2.92. The van der Waals surface area contributed by atoms with E-state index in [1.54, 1.807) is 36.4 Å². The average Bonchev–Trinajstić information content (AvgIpc) is 2.75. The van der Waals surface area contributed by atoms with Crippen molar-refractivity contribution in [3.05, 3.63) is 83.4 Å². The molecule has 3 rings (SSSR count). The number of aryl methyl sites for hydroxylation is 2. The molecule has 2 N–H and O–H groups in total. The maximum atomic E-state index is 12.9. The minimum absolute atomic E-state index is 0.0124. The van der Waals surface area contributed by atoms with E-state index in [4.69, 9.17) is 4.74 Å². The predicted octanol–water partition coefficient (Wildman–Crippen LogP) is 4.62. The van der Waals surface area contributed by atoms with Crippen molar-refractivity contribution in [3.8, 4) is 5.75 Å². The number of anilines is 2. The Bertz CT molecular complexity index is 1170. The van der Waals surface area contributed by atoms with Gasteiger partial charge in [-0.15, -0.1) is 0 Å². The SMILES string of the molecule is CCc1cccc(C)c1NC(=O)c1cccc(S(=O)(=O)Nc2ccccc2OC)c1. The van der Waals surface area contributed by atoms with E-state index in [1.165, 1.54) is 19.2 Å². The lowest BCUT2D eigenvalue weighted by atomic mass is 10.1. The van der Waals surface area contributed by atoms with Gasteiger partial charge in [0.25, 0.3) is 15.9 Å². The van der Waals surface area contributed by atoms with E-state index in [9.17, 15) is 13.2 Å². The first kappa shape index (κ1) is 21.4. The highest BCUT2D eigenvalue weighted by Gasteiger charge is 2.19. The molecule has 3 aromatic carbocycles. The molecular weight excluding hydrogens is 400 g/mol. The van der Waals surface area contributed by atoms with Gasteiger partial charge in [-0.3, -0.25) is 9.52 Å². The third kappa shape index (κ3) is 4.63. The molecule has 0 heterocycles. The van der Waals surface area contributed by atoms with Gasteiger partial charge in [0.2, 0.25) is 0 Å². The summed E-state index contributed by atoms with van der Waals surface area (Å²) >= 11 is 0. The van der Waals surface area contributed by atoms with Crippen LogP contribution in [0.4, 0.5) is 11.4 Å². The molecule has 0 saturated heterocycles. The Morgan fingerprint density at radius 1 is 1.00 bits per heavy atom. The Morgan fingerprint density at radius 2 is 1.73 bits per heavy atom. The largest absolute Gasteiger partial charge is 0.495 e. The van der Waals surface area contributed by atoms with Crippen LogP contribution in [0.15, 0.2) is 71.6 Å². The molecular formula is C23H24N2O4S. The highest BCUT2D eigenvalue weighted by Crippen LogP contribution is 2.27. The van der Waals surface area contributed by atoms with Gasteiger partial charge in [-0.2, -0.15) is 0 Å². The molecule has 0 atom stereocenters.